The Morgan fingerprint density at radius 1 is 1.29 bits per heavy atom. The number of carbonyl (C=O) groups is 1. The van der Waals surface area contributed by atoms with E-state index in [1.165, 1.54) is 6.42 Å². The number of hydrogen-bond donors (Lipinski definition) is 2. The molecule has 1 aromatic rings. The van der Waals surface area contributed by atoms with Gasteiger partial charge in [-0.2, -0.15) is 0 Å². The minimum Gasteiger partial charge on any atom is -0.352 e. The van der Waals surface area contributed by atoms with Crippen LogP contribution in [0.15, 0.2) is 18.5 Å². The van der Waals surface area contributed by atoms with Gasteiger partial charge in [-0.05, 0) is 50.8 Å². The molecule has 0 aliphatic carbocycles. The number of carbonyl (C=O) groups excluding carboxylic acids is 1. The molecule has 3 heterocycles. The van der Waals surface area contributed by atoms with Crippen LogP contribution >= 0.6 is 24.8 Å². The molecule has 2 aliphatic heterocycles. The molecular weight excluding hydrogens is 349 g/mol. The van der Waals surface area contributed by atoms with Crippen LogP contribution in [0, 0.1) is 5.92 Å². The Bertz CT molecular complexity index is 485. The van der Waals surface area contributed by atoms with Crippen LogP contribution in [0.2, 0.25) is 0 Å². The lowest BCUT2D eigenvalue weighted by molar-refractivity contribution is -0.122. The monoisotopic (exact) mass is 375 g/mol. The third kappa shape index (κ3) is 6.07. The summed E-state index contributed by atoms with van der Waals surface area (Å²) in [6.45, 7) is 3.93. The largest absolute Gasteiger partial charge is 0.352 e. The highest BCUT2D eigenvalue weighted by Gasteiger charge is 2.23. The fourth-order valence-corrected chi connectivity index (χ4v) is 3.33. The normalized spacial score (nSPS) is 23.1. The van der Waals surface area contributed by atoms with Crippen LogP contribution < -0.4 is 15.5 Å². The van der Waals surface area contributed by atoms with Gasteiger partial charge in [0.1, 0.15) is 0 Å². The number of amides is 1. The Morgan fingerprint density at radius 3 is 2.79 bits per heavy atom. The van der Waals surface area contributed by atoms with E-state index in [4.69, 9.17) is 0 Å². The van der Waals surface area contributed by atoms with Crippen molar-refractivity contribution in [3.8, 4) is 0 Å². The summed E-state index contributed by atoms with van der Waals surface area (Å²) in [6, 6.07) is 2.04. The molecule has 2 aliphatic rings. The molecule has 0 spiro atoms. The fraction of sp³-hybridized carbons (Fsp3) is 0.688. The summed E-state index contributed by atoms with van der Waals surface area (Å²) in [5, 5.41) is 6.54. The van der Waals surface area contributed by atoms with Crippen molar-refractivity contribution >= 4 is 36.7 Å². The van der Waals surface area contributed by atoms with Gasteiger partial charge in [0.05, 0.1) is 0 Å². The maximum Gasteiger partial charge on any atom is 0.225 e. The topological polar surface area (TPSA) is 70.2 Å². The minimum atomic E-state index is 0. The van der Waals surface area contributed by atoms with E-state index in [9.17, 15) is 4.79 Å². The van der Waals surface area contributed by atoms with E-state index in [1.54, 1.807) is 12.4 Å². The summed E-state index contributed by atoms with van der Waals surface area (Å²) >= 11 is 0. The van der Waals surface area contributed by atoms with Gasteiger partial charge >= 0.3 is 0 Å². The van der Waals surface area contributed by atoms with E-state index in [-0.39, 0.29) is 36.8 Å². The smallest absolute Gasteiger partial charge is 0.225 e. The van der Waals surface area contributed by atoms with E-state index in [0.29, 0.717) is 12.3 Å². The average Bonchev–Trinajstić information content (AvgIpc) is 3.08. The molecule has 2 unspecified atom stereocenters. The van der Waals surface area contributed by atoms with E-state index < -0.39 is 0 Å². The fourth-order valence-electron chi connectivity index (χ4n) is 3.33. The Kier molecular flexibility index (Phi) is 9.33. The predicted octanol–water partition coefficient (Wildman–Crippen LogP) is 1.79. The van der Waals surface area contributed by atoms with Crippen LogP contribution in [0.4, 0.5) is 5.95 Å². The summed E-state index contributed by atoms with van der Waals surface area (Å²) in [5.74, 6) is 1.62. The van der Waals surface area contributed by atoms with Gasteiger partial charge in [-0.1, -0.05) is 0 Å². The van der Waals surface area contributed by atoms with Crippen LogP contribution in [0.3, 0.4) is 0 Å². The van der Waals surface area contributed by atoms with Gasteiger partial charge in [-0.15, -0.1) is 24.8 Å². The predicted molar refractivity (Wildman–Crippen MR) is 100 cm³/mol. The second kappa shape index (κ2) is 10.7. The zero-order chi connectivity index (χ0) is 15.2. The van der Waals surface area contributed by atoms with Crippen molar-refractivity contribution < 1.29 is 4.79 Å². The summed E-state index contributed by atoms with van der Waals surface area (Å²) < 4.78 is 0. The molecule has 1 amide bonds. The standard InChI is InChI=1S/C16H25N5O.2ClH/c22-15(5-4-13-6-9-17-11-13)20-14-3-1-10-21(12-14)16-18-7-2-8-19-16;;/h2,7-8,13-14,17H,1,3-6,9-12H2,(H,20,22);2*1H. The van der Waals surface area contributed by atoms with Gasteiger partial charge in [-0.25, -0.2) is 9.97 Å². The van der Waals surface area contributed by atoms with Gasteiger partial charge in [0.25, 0.3) is 0 Å². The summed E-state index contributed by atoms with van der Waals surface area (Å²) in [5.41, 5.74) is 0. The number of anilines is 1. The van der Waals surface area contributed by atoms with Crippen LogP contribution in [0.25, 0.3) is 0 Å². The molecule has 2 saturated heterocycles. The van der Waals surface area contributed by atoms with Crippen molar-refractivity contribution in [3.63, 3.8) is 0 Å². The number of nitrogens with one attached hydrogen (secondary N) is 2. The molecule has 24 heavy (non-hydrogen) atoms. The summed E-state index contributed by atoms with van der Waals surface area (Å²) in [4.78, 5) is 22.9. The number of aromatic nitrogens is 2. The first-order valence-electron chi connectivity index (χ1n) is 8.33. The van der Waals surface area contributed by atoms with Crippen LogP contribution in [0.1, 0.15) is 32.1 Å². The first-order chi connectivity index (χ1) is 10.8. The Balaban J connectivity index is 0.00000144. The molecule has 2 atom stereocenters. The lowest BCUT2D eigenvalue weighted by Crippen LogP contribution is -2.48. The second-order valence-electron chi connectivity index (χ2n) is 6.30. The molecule has 8 heteroatoms. The van der Waals surface area contributed by atoms with Crippen LogP contribution in [-0.2, 0) is 4.79 Å². The molecule has 0 saturated carbocycles. The Hall–Kier alpha value is -1.11. The molecule has 2 N–H and O–H groups in total. The summed E-state index contributed by atoms with van der Waals surface area (Å²) in [6.07, 6.45) is 8.48. The summed E-state index contributed by atoms with van der Waals surface area (Å²) in [7, 11) is 0. The van der Waals surface area contributed by atoms with Crippen molar-refractivity contribution in [2.45, 2.75) is 38.1 Å². The third-order valence-corrected chi connectivity index (χ3v) is 4.56. The van der Waals surface area contributed by atoms with Crippen molar-refractivity contribution in [2.24, 2.45) is 5.92 Å². The van der Waals surface area contributed by atoms with E-state index in [2.05, 4.69) is 25.5 Å². The number of nitrogens with zero attached hydrogens (tertiary/aromatic N) is 3. The molecule has 0 radical (unpaired) electrons. The minimum absolute atomic E-state index is 0. The molecule has 0 aromatic carbocycles. The van der Waals surface area contributed by atoms with Gasteiger partial charge in [0, 0.05) is 37.9 Å². The highest BCUT2D eigenvalue weighted by Crippen LogP contribution is 2.17. The average molecular weight is 376 g/mol. The zero-order valence-corrected chi connectivity index (χ0v) is 15.5. The molecule has 6 nitrogen and oxygen atoms in total. The third-order valence-electron chi connectivity index (χ3n) is 4.56. The molecule has 136 valence electrons. The van der Waals surface area contributed by atoms with Crippen molar-refractivity contribution in [2.75, 3.05) is 31.1 Å². The van der Waals surface area contributed by atoms with E-state index in [1.807, 2.05) is 6.07 Å². The molecule has 2 fully saturated rings. The van der Waals surface area contributed by atoms with Gasteiger partial charge in [0.15, 0.2) is 0 Å². The highest BCUT2D eigenvalue weighted by atomic mass is 35.5. The quantitative estimate of drug-likeness (QED) is 0.820. The van der Waals surface area contributed by atoms with Crippen molar-refractivity contribution in [3.05, 3.63) is 18.5 Å². The van der Waals surface area contributed by atoms with Crippen molar-refractivity contribution in [1.29, 1.82) is 0 Å². The highest BCUT2D eigenvalue weighted by molar-refractivity contribution is 5.85. The lowest BCUT2D eigenvalue weighted by atomic mass is 10.0. The van der Waals surface area contributed by atoms with E-state index >= 15 is 0 Å². The molecule has 1 aromatic heterocycles. The Labute approximate surface area is 156 Å². The maximum absolute atomic E-state index is 12.1. The lowest BCUT2D eigenvalue weighted by Gasteiger charge is -2.33. The number of rotatable bonds is 5. The number of hydrogen-bond acceptors (Lipinski definition) is 5. The van der Waals surface area contributed by atoms with Crippen LogP contribution in [-0.4, -0.2) is 48.1 Å². The first-order valence-corrected chi connectivity index (χ1v) is 8.33. The van der Waals surface area contributed by atoms with Gasteiger partial charge in [0.2, 0.25) is 11.9 Å². The zero-order valence-electron chi connectivity index (χ0n) is 13.8. The van der Waals surface area contributed by atoms with Crippen molar-refractivity contribution in [1.82, 2.24) is 20.6 Å². The molecular formula is C16H27Cl2N5O. The number of halogens is 2. The number of piperidine rings is 1. The molecule has 3 rings (SSSR count). The maximum atomic E-state index is 12.1. The second-order valence-corrected chi connectivity index (χ2v) is 6.30. The van der Waals surface area contributed by atoms with Gasteiger partial charge in [-0.3, -0.25) is 4.79 Å². The SMILES string of the molecule is Cl.Cl.O=C(CCC1CCNC1)NC1CCCN(c2ncccn2)C1. The first kappa shape index (κ1) is 20.9. The molecule has 0 bridgehead atoms. The van der Waals surface area contributed by atoms with Crippen LogP contribution in [0.5, 0.6) is 0 Å². The van der Waals surface area contributed by atoms with Gasteiger partial charge < -0.3 is 15.5 Å². The van der Waals surface area contributed by atoms with E-state index in [0.717, 1.165) is 51.4 Å². The Morgan fingerprint density at radius 2 is 2.08 bits per heavy atom.